The predicted octanol–water partition coefficient (Wildman–Crippen LogP) is 3.85. The number of thiazole rings is 1. The summed E-state index contributed by atoms with van der Waals surface area (Å²) in [6.07, 6.45) is 4.98. The molecule has 4 rings (SSSR count). The highest BCUT2D eigenvalue weighted by Crippen LogP contribution is 2.31. The van der Waals surface area contributed by atoms with Crippen molar-refractivity contribution in [3.8, 4) is 0 Å². The molecule has 0 aliphatic carbocycles. The highest BCUT2D eigenvalue weighted by atomic mass is 32.1. The summed E-state index contributed by atoms with van der Waals surface area (Å²) in [7, 11) is 0. The SMILES string of the molecule is CC(C)CC(=O)N1Cc2ccccc2CC1C(=O)N1CCCC(c2nccs2)C1. The number of rotatable bonds is 4. The van der Waals surface area contributed by atoms with Crippen molar-refractivity contribution in [3.63, 3.8) is 0 Å². The van der Waals surface area contributed by atoms with Crippen LogP contribution in [-0.2, 0) is 22.6 Å². The van der Waals surface area contributed by atoms with Crippen molar-refractivity contribution in [2.75, 3.05) is 13.1 Å². The van der Waals surface area contributed by atoms with E-state index in [1.54, 1.807) is 11.3 Å². The fraction of sp³-hybridized carbons (Fsp3) is 0.522. The van der Waals surface area contributed by atoms with E-state index in [0.717, 1.165) is 30.0 Å². The summed E-state index contributed by atoms with van der Waals surface area (Å²) in [5, 5.41) is 3.12. The van der Waals surface area contributed by atoms with Gasteiger partial charge in [0, 0.05) is 50.0 Å². The largest absolute Gasteiger partial charge is 0.340 e. The van der Waals surface area contributed by atoms with Gasteiger partial charge in [-0.3, -0.25) is 9.59 Å². The first kappa shape index (κ1) is 20.1. The molecular weight excluding hydrogens is 382 g/mol. The maximum absolute atomic E-state index is 13.6. The maximum atomic E-state index is 13.6. The van der Waals surface area contributed by atoms with Crippen molar-refractivity contribution in [2.45, 2.75) is 58.0 Å². The van der Waals surface area contributed by atoms with Crippen LogP contribution >= 0.6 is 11.3 Å². The van der Waals surface area contributed by atoms with Crippen molar-refractivity contribution >= 4 is 23.2 Å². The van der Waals surface area contributed by atoms with Crippen LogP contribution in [-0.4, -0.2) is 45.7 Å². The zero-order valence-electron chi connectivity index (χ0n) is 17.2. The molecule has 3 heterocycles. The Hall–Kier alpha value is -2.21. The Balaban J connectivity index is 1.56. The Morgan fingerprint density at radius 1 is 1.24 bits per heavy atom. The van der Waals surface area contributed by atoms with Gasteiger partial charge in [0.2, 0.25) is 11.8 Å². The standard InChI is InChI=1S/C23H29N3O2S/c1-16(2)12-21(27)26-15-18-7-4-3-6-17(18)13-20(26)23(28)25-10-5-8-19(14-25)22-24-9-11-29-22/h3-4,6-7,9,11,16,19-20H,5,8,10,12-15H2,1-2H3. The lowest BCUT2D eigenvalue weighted by Gasteiger charge is -2.41. The molecule has 2 aliphatic heterocycles. The van der Waals surface area contributed by atoms with Gasteiger partial charge in [0.1, 0.15) is 6.04 Å². The van der Waals surface area contributed by atoms with Gasteiger partial charge in [0.05, 0.1) is 5.01 Å². The molecule has 2 atom stereocenters. The molecule has 6 heteroatoms. The minimum Gasteiger partial charge on any atom is -0.340 e. The summed E-state index contributed by atoms with van der Waals surface area (Å²) in [6, 6.07) is 7.80. The van der Waals surface area contributed by atoms with Crippen LogP contribution in [0.3, 0.4) is 0 Å². The highest BCUT2D eigenvalue weighted by Gasteiger charge is 2.38. The van der Waals surface area contributed by atoms with E-state index >= 15 is 0 Å². The third kappa shape index (κ3) is 4.37. The number of nitrogens with zero attached hydrogens (tertiary/aromatic N) is 3. The van der Waals surface area contributed by atoms with Gasteiger partial charge in [-0.15, -0.1) is 11.3 Å². The quantitative estimate of drug-likeness (QED) is 0.768. The summed E-state index contributed by atoms with van der Waals surface area (Å²) >= 11 is 1.67. The molecule has 29 heavy (non-hydrogen) atoms. The van der Waals surface area contributed by atoms with E-state index in [4.69, 9.17) is 0 Å². The number of piperidine rings is 1. The van der Waals surface area contributed by atoms with E-state index in [0.29, 0.717) is 31.8 Å². The van der Waals surface area contributed by atoms with E-state index in [-0.39, 0.29) is 17.7 Å². The van der Waals surface area contributed by atoms with Crippen LogP contribution in [0.25, 0.3) is 0 Å². The Bertz CT molecular complexity index is 865. The first-order valence-electron chi connectivity index (χ1n) is 10.6. The molecule has 0 spiro atoms. The molecule has 154 valence electrons. The molecule has 2 amide bonds. The third-order valence-corrected chi connectivity index (χ3v) is 6.91. The van der Waals surface area contributed by atoms with Crippen molar-refractivity contribution < 1.29 is 9.59 Å². The van der Waals surface area contributed by atoms with Crippen LogP contribution < -0.4 is 0 Å². The number of aromatic nitrogens is 1. The van der Waals surface area contributed by atoms with Gasteiger partial charge < -0.3 is 9.80 Å². The first-order chi connectivity index (χ1) is 14.0. The van der Waals surface area contributed by atoms with Crippen LogP contribution in [0, 0.1) is 5.92 Å². The molecule has 0 bridgehead atoms. The zero-order valence-corrected chi connectivity index (χ0v) is 18.0. The van der Waals surface area contributed by atoms with Gasteiger partial charge in [-0.05, 0) is 29.9 Å². The summed E-state index contributed by atoms with van der Waals surface area (Å²) < 4.78 is 0. The van der Waals surface area contributed by atoms with E-state index in [1.165, 1.54) is 5.56 Å². The van der Waals surface area contributed by atoms with Gasteiger partial charge in [-0.2, -0.15) is 0 Å². The number of likely N-dealkylation sites (tertiary alicyclic amines) is 1. The number of hydrogen-bond acceptors (Lipinski definition) is 4. The number of carbonyl (C=O) groups excluding carboxylic acids is 2. The molecule has 2 aliphatic rings. The smallest absolute Gasteiger partial charge is 0.245 e. The number of fused-ring (bicyclic) bond motifs is 1. The minimum atomic E-state index is -0.397. The Morgan fingerprint density at radius 3 is 2.76 bits per heavy atom. The number of hydrogen-bond donors (Lipinski definition) is 0. The second kappa shape index (κ2) is 8.66. The Labute approximate surface area is 176 Å². The molecule has 1 saturated heterocycles. The monoisotopic (exact) mass is 411 g/mol. The summed E-state index contributed by atoms with van der Waals surface area (Å²) in [4.78, 5) is 34.9. The molecule has 0 saturated carbocycles. The molecule has 1 aromatic carbocycles. The zero-order chi connectivity index (χ0) is 20.4. The van der Waals surface area contributed by atoms with E-state index in [1.807, 2.05) is 33.5 Å². The molecular formula is C23H29N3O2S. The van der Waals surface area contributed by atoms with E-state index in [9.17, 15) is 9.59 Å². The van der Waals surface area contributed by atoms with Crippen molar-refractivity contribution in [1.82, 2.24) is 14.8 Å². The predicted molar refractivity (Wildman–Crippen MR) is 115 cm³/mol. The maximum Gasteiger partial charge on any atom is 0.245 e. The average molecular weight is 412 g/mol. The third-order valence-electron chi connectivity index (χ3n) is 5.97. The lowest BCUT2D eigenvalue weighted by atomic mass is 9.91. The second-order valence-corrected chi connectivity index (χ2v) is 9.53. The summed E-state index contributed by atoms with van der Waals surface area (Å²) in [5.41, 5.74) is 2.35. The summed E-state index contributed by atoms with van der Waals surface area (Å²) in [6.45, 7) is 6.11. The van der Waals surface area contributed by atoms with Crippen LogP contribution in [0.2, 0.25) is 0 Å². The number of amides is 2. The van der Waals surface area contributed by atoms with Crippen molar-refractivity contribution in [1.29, 1.82) is 0 Å². The second-order valence-electron chi connectivity index (χ2n) is 8.60. The molecule has 0 N–H and O–H groups in total. The van der Waals surface area contributed by atoms with Crippen LogP contribution in [0.15, 0.2) is 35.8 Å². The normalized spacial score (nSPS) is 21.9. The lowest BCUT2D eigenvalue weighted by Crippen LogP contribution is -2.55. The number of benzene rings is 1. The molecule has 1 aromatic heterocycles. The van der Waals surface area contributed by atoms with E-state index in [2.05, 4.69) is 31.0 Å². The van der Waals surface area contributed by atoms with Crippen LogP contribution in [0.1, 0.15) is 55.2 Å². The Morgan fingerprint density at radius 2 is 2.03 bits per heavy atom. The first-order valence-corrected chi connectivity index (χ1v) is 11.5. The van der Waals surface area contributed by atoms with Gasteiger partial charge >= 0.3 is 0 Å². The van der Waals surface area contributed by atoms with Gasteiger partial charge in [0.25, 0.3) is 0 Å². The van der Waals surface area contributed by atoms with Crippen molar-refractivity contribution in [3.05, 3.63) is 52.0 Å². The topological polar surface area (TPSA) is 53.5 Å². The van der Waals surface area contributed by atoms with Crippen molar-refractivity contribution in [2.24, 2.45) is 5.92 Å². The summed E-state index contributed by atoms with van der Waals surface area (Å²) in [5.74, 6) is 0.766. The van der Waals surface area contributed by atoms with Crippen LogP contribution in [0.4, 0.5) is 0 Å². The molecule has 1 fully saturated rings. The molecule has 0 radical (unpaired) electrons. The number of carbonyl (C=O) groups is 2. The van der Waals surface area contributed by atoms with Crippen LogP contribution in [0.5, 0.6) is 0 Å². The highest BCUT2D eigenvalue weighted by molar-refractivity contribution is 7.09. The van der Waals surface area contributed by atoms with Gasteiger partial charge in [0.15, 0.2) is 0 Å². The van der Waals surface area contributed by atoms with Gasteiger partial charge in [-0.25, -0.2) is 4.98 Å². The minimum absolute atomic E-state index is 0.0846. The lowest BCUT2D eigenvalue weighted by molar-refractivity contribution is -0.148. The average Bonchev–Trinajstić information content (AvgIpc) is 3.27. The van der Waals surface area contributed by atoms with E-state index < -0.39 is 6.04 Å². The molecule has 2 aromatic rings. The molecule has 5 nitrogen and oxygen atoms in total. The molecule has 2 unspecified atom stereocenters. The van der Waals surface area contributed by atoms with Gasteiger partial charge in [-0.1, -0.05) is 38.1 Å². The Kier molecular flexibility index (Phi) is 5.99. The fourth-order valence-corrected chi connectivity index (χ4v) is 5.27. The fourth-order valence-electron chi connectivity index (χ4n) is 4.50.